The summed E-state index contributed by atoms with van der Waals surface area (Å²) in [4.78, 5) is 14.4. The van der Waals surface area contributed by atoms with Crippen molar-refractivity contribution in [2.24, 2.45) is 28.6 Å². The van der Waals surface area contributed by atoms with E-state index >= 15 is 0 Å². The van der Waals surface area contributed by atoms with Gasteiger partial charge in [-0.05, 0) is 44.4 Å². The maximum absolute atomic E-state index is 12.4. The minimum absolute atomic E-state index is 0.125. The molecule has 1 saturated carbocycles. The van der Waals surface area contributed by atoms with E-state index in [0.29, 0.717) is 11.7 Å². The van der Waals surface area contributed by atoms with E-state index in [9.17, 15) is 4.79 Å². The second-order valence-electron chi connectivity index (χ2n) is 6.08. The molecule has 1 amide bonds. The van der Waals surface area contributed by atoms with Crippen LogP contribution in [0.4, 0.5) is 0 Å². The lowest BCUT2D eigenvalue weighted by Crippen LogP contribution is -2.44. The van der Waals surface area contributed by atoms with Crippen LogP contribution in [0.25, 0.3) is 0 Å². The van der Waals surface area contributed by atoms with Gasteiger partial charge in [0, 0.05) is 24.9 Å². The Balaban J connectivity index is 1.82. The van der Waals surface area contributed by atoms with Crippen molar-refractivity contribution in [2.45, 2.75) is 45.4 Å². The lowest BCUT2D eigenvalue weighted by atomic mass is 9.82. The number of carbonyl (C=O) groups is 1. The van der Waals surface area contributed by atoms with Crippen molar-refractivity contribution in [3.05, 3.63) is 0 Å². The highest BCUT2D eigenvalue weighted by molar-refractivity contribution is 5.83. The molecule has 5 nitrogen and oxygen atoms in total. The summed E-state index contributed by atoms with van der Waals surface area (Å²) in [6, 6.07) is 0. The van der Waals surface area contributed by atoms with Crippen LogP contribution in [0, 0.1) is 17.8 Å². The molecule has 0 spiro atoms. The van der Waals surface area contributed by atoms with Gasteiger partial charge in [0.2, 0.25) is 5.91 Å². The van der Waals surface area contributed by atoms with Gasteiger partial charge >= 0.3 is 0 Å². The summed E-state index contributed by atoms with van der Waals surface area (Å²) in [6.45, 7) is 3.75. The Morgan fingerprint density at radius 1 is 1.11 bits per heavy atom. The maximum atomic E-state index is 12.4. The number of piperidine rings is 1. The minimum atomic E-state index is 0.125. The van der Waals surface area contributed by atoms with Gasteiger partial charge in [-0.25, -0.2) is 0 Å². The molecule has 3 N–H and O–H groups in total. The van der Waals surface area contributed by atoms with Crippen molar-refractivity contribution in [2.75, 3.05) is 13.1 Å². The van der Waals surface area contributed by atoms with E-state index in [0.717, 1.165) is 44.7 Å². The van der Waals surface area contributed by atoms with Gasteiger partial charge in [0.1, 0.15) is 5.84 Å². The molecule has 1 saturated heterocycles. The standard InChI is InChI=1S/C14H25N3O2/c1-10-2-4-12(5-3-10)14(18)17-8-6-11(7-9-17)13(15)16-19/h10-12,19H,2-9H2,1H3,(H2,15,16). The maximum Gasteiger partial charge on any atom is 0.225 e. The lowest BCUT2D eigenvalue weighted by Gasteiger charge is -2.35. The molecular weight excluding hydrogens is 242 g/mol. The molecule has 0 radical (unpaired) electrons. The molecule has 0 aromatic heterocycles. The van der Waals surface area contributed by atoms with Crippen LogP contribution in [0.5, 0.6) is 0 Å². The van der Waals surface area contributed by atoms with Crippen molar-refractivity contribution in [3.8, 4) is 0 Å². The number of oxime groups is 1. The number of amidine groups is 1. The fraction of sp³-hybridized carbons (Fsp3) is 0.857. The first-order chi connectivity index (χ1) is 9.11. The third-order valence-electron chi connectivity index (χ3n) is 4.71. The number of hydrogen-bond acceptors (Lipinski definition) is 3. The number of nitrogens with zero attached hydrogens (tertiary/aromatic N) is 2. The molecule has 2 rings (SSSR count). The Hall–Kier alpha value is -1.26. The van der Waals surface area contributed by atoms with Gasteiger partial charge < -0.3 is 15.8 Å². The molecule has 108 valence electrons. The van der Waals surface area contributed by atoms with Gasteiger partial charge in [0.15, 0.2) is 0 Å². The van der Waals surface area contributed by atoms with Crippen molar-refractivity contribution in [1.82, 2.24) is 4.90 Å². The number of carbonyl (C=O) groups excluding carboxylic acids is 1. The van der Waals surface area contributed by atoms with E-state index in [2.05, 4.69) is 12.1 Å². The van der Waals surface area contributed by atoms with Crippen molar-refractivity contribution in [3.63, 3.8) is 0 Å². The molecular formula is C14H25N3O2. The van der Waals surface area contributed by atoms with Gasteiger partial charge in [-0.2, -0.15) is 0 Å². The average Bonchev–Trinajstić information content (AvgIpc) is 2.46. The molecule has 0 aromatic rings. The number of likely N-dealkylation sites (tertiary alicyclic amines) is 1. The number of rotatable bonds is 2. The molecule has 1 aliphatic heterocycles. The molecule has 0 atom stereocenters. The van der Waals surface area contributed by atoms with Crippen LogP contribution in [-0.4, -0.2) is 34.9 Å². The molecule has 0 aromatic carbocycles. The fourth-order valence-corrected chi connectivity index (χ4v) is 3.24. The van der Waals surface area contributed by atoms with Crippen LogP contribution in [0.2, 0.25) is 0 Å². The molecule has 19 heavy (non-hydrogen) atoms. The Morgan fingerprint density at radius 3 is 2.21 bits per heavy atom. The molecule has 0 unspecified atom stereocenters. The zero-order valence-electron chi connectivity index (χ0n) is 11.7. The van der Waals surface area contributed by atoms with Gasteiger partial charge in [0.25, 0.3) is 0 Å². The van der Waals surface area contributed by atoms with E-state index in [-0.39, 0.29) is 11.8 Å². The summed E-state index contributed by atoms with van der Waals surface area (Å²) in [7, 11) is 0. The van der Waals surface area contributed by atoms with Gasteiger partial charge in [-0.3, -0.25) is 4.79 Å². The highest BCUT2D eigenvalue weighted by atomic mass is 16.4. The smallest absolute Gasteiger partial charge is 0.225 e. The quantitative estimate of drug-likeness (QED) is 0.346. The topological polar surface area (TPSA) is 78.9 Å². The van der Waals surface area contributed by atoms with Gasteiger partial charge in [-0.1, -0.05) is 12.1 Å². The molecule has 5 heteroatoms. The van der Waals surface area contributed by atoms with Crippen LogP contribution in [0.15, 0.2) is 5.16 Å². The van der Waals surface area contributed by atoms with Crippen LogP contribution in [0.3, 0.4) is 0 Å². The van der Waals surface area contributed by atoms with Crippen LogP contribution in [0.1, 0.15) is 45.4 Å². The van der Waals surface area contributed by atoms with Crippen LogP contribution in [-0.2, 0) is 4.79 Å². The third kappa shape index (κ3) is 3.39. The third-order valence-corrected chi connectivity index (χ3v) is 4.71. The monoisotopic (exact) mass is 267 g/mol. The molecule has 1 heterocycles. The first-order valence-electron chi connectivity index (χ1n) is 7.38. The molecule has 1 aliphatic carbocycles. The number of nitrogens with two attached hydrogens (primary N) is 1. The summed E-state index contributed by atoms with van der Waals surface area (Å²) in [6.07, 6.45) is 6.06. The summed E-state index contributed by atoms with van der Waals surface area (Å²) in [5.74, 6) is 1.76. The molecule has 2 fully saturated rings. The van der Waals surface area contributed by atoms with Crippen molar-refractivity contribution < 1.29 is 10.0 Å². The van der Waals surface area contributed by atoms with E-state index in [1.807, 2.05) is 4.90 Å². The van der Waals surface area contributed by atoms with Crippen molar-refractivity contribution >= 4 is 11.7 Å². The Morgan fingerprint density at radius 2 is 1.68 bits per heavy atom. The predicted octanol–water partition coefficient (Wildman–Crippen LogP) is 1.80. The van der Waals surface area contributed by atoms with Crippen LogP contribution < -0.4 is 5.73 Å². The van der Waals surface area contributed by atoms with Gasteiger partial charge in [-0.15, -0.1) is 0 Å². The van der Waals surface area contributed by atoms with E-state index in [4.69, 9.17) is 10.9 Å². The summed E-state index contributed by atoms with van der Waals surface area (Å²) in [5, 5.41) is 11.7. The fourth-order valence-electron chi connectivity index (χ4n) is 3.24. The summed E-state index contributed by atoms with van der Waals surface area (Å²) in [5.41, 5.74) is 5.62. The SMILES string of the molecule is CC1CCC(C(=O)N2CCC(C(N)=NO)CC2)CC1. The number of hydrogen-bond donors (Lipinski definition) is 2. The Labute approximate surface area is 114 Å². The highest BCUT2D eigenvalue weighted by Crippen LogP contribution is 2.30. The first-order valence-corrected chi connectivity index (χ1v) is 7.38. The molecule has 2 aliphatic rings. The predicted molar refractivity (Wildman–Crippen MR) is 73.8 cm³/mol. The zero-order valence-corrected chi connectivity index (χ0v) is 11.7. The second kappa shape index (κ2) is 6.26. The number of amides is 1. The summed E-state index contributed by atoms with van der Waals surface area (Å²) < 4.78 is 0. The average molecular weight is 267 g/mol. The first kappa shape index (κ1) is 14.2. The Kier molecular flexibility index (Phi) is 4.66. The Bertz CT molecular complexity index is 341. The van der Waals surface area contributed by atoms with Gasteiger partial charge in [0.05, 0.1) is 0 Å². The van der Waals surface area contributed by atoms with E-state index < -0.39 is 0 Å². The summed E-state index contributed by atoms with van der Waals surface area (Å²) >= 11 is 0. The zero-order chi connectivity index (χ0) is 13.8. The normalized spacial score (nSPS) is 30.4. The highest BCUT2D eigenvalue weighted by Gasteiger charge is 2.31. The van der Waals surface area contributed by atoms with E-state index in [1.54, 1.807) is 0 Å². The second-order valence-corrected chi connectivity index (χ2v) is 6.08. The van der Waals surface area contributed by atoms with E-state index in [1.165, 1.54) is 12.8 Å². The largest absolute Gasteiger partial charge is 0.409 e. The van der Waals surface area contributed by atoms with Crippen LogP contribution >= 0.6 is 0 Å². The molecule has 0 bridgehead atoms. The van der Waals surface area contributed by atoms with Crippen molar-refractivity contribution in [1.29, 1.82) is 0 Å². The minimum Gasteiger partial charge on any atom is -0.409 e. The lowest BCUT2D eigenvalue weighted by molar-refractivity contribution is -0.138.